The molecule has 0 atom stereocenters. The molecule has 1 aromatic heterocycles. The summed E-state index contributed by atoms with van der Waals surface area (Å²) in [6.45, 7) is 0. The van der Waals surface area contributed by atoms with Crippen LogP contribution in [0.2, 0.25) is 0 Å². The first kappa shape index (κ1) is 13.5. The number of rotatable bonds is 2. The molecule has 9 heteroatoms. The Bertz CT molecular complexity index is 496. The lowest BCUT2D eigenvalue weighted by atomic mass is 10.3. The van der Waals surface area contributed by atoms with Crippen molar-refractivity contribution in [3.63, 3.8) is 0 Å². The minimum atomic E-state index is -4.11. The number of halogens is 5. The fraction of sp³-hybridized carbons (Fsp3) is 0.167. The van der Waals surface area contributed by atoms with Gasteiger partial charge in [0.2, 0.25) is 0 Å². The predicted octanol–water partition coefficient (Wildman–Crippen LogP) is 3.31. The molecule has 84 valence electrons. The normalized spacial score (nSPS) is 12.1. The zero-order valence-electron chi connectivity index (χ0n) is 6.72. The standard InChI is InChI=1S/C6H2BrClF2INO2S/c7-2-1-12-6(15(8,13)14)4(11)3(2)5(9)10/h1,5H. The Morgan fingerprint density at radius 3 is 2.47 bits per heavy atom. The summed E-state index contributed by atoms with van der Waals surface area (Å²) in [5.74, 6) is 0. The Kier molecular flexibility index (Phi) is 4.29. The first-order valence-electron chi connectivity index (χ1n) is 3.32. The summed E-state index contributed by atoms with van der Waals surface area (Å²) in [6, 6.07) is 0. The SMILES string of the molecule is O=S(=O)(Cl)c1ncc(Br)c(C(F)F)c1I. The zero-order chi connectivity index (χ0) is 11.8. The monoisotopic (exact) mass is 431 g/mol. The minimum absolute atomic E-state index is 0.0472. The van der Waals surface area contributed by atoms with Crippen molar-refractivity contribution in [2.75, 3.05) is 0 Å². The molecule has 0 amide bonds. The van der Waals surface area contributed by atoms with Gasteiger partial charge in [-0.05, 0) is 38.5 Å². The second-order valence-electron chi connectivity index (χ2n) is 2.38. The molecule has 0 aliphatic carbocycles. The number of pyridine rings is 1. The molecule has 0 aliphatic heterocycles. The van der Waals surface area contributed by atoms with Gasteiger partial charge in [-0.15, -0.1) is 0 Å². The van der Waals surface area contributed by atoms with Crippen LogP contribution in [-0.4, -0.2) is 13.4 Å². The van der Waals surface area contributed by atoms with Gasteiger partial charge in [0.1, 0.15) is 0 Å². The highest BCUT2D eigenvalue weighted by atomic mass is 127. The number of aromatic nitrogens is 1. The summed E-state index contributed by atoms with van der Waals surface area (Å²) in [6.07, 6.45) is -1.81. The van der Waals surface area contributed by atoms with Crippen molar-refractivity contribution in [2.24, 2.45) is 0 Å². The zero-order valence-corrected chi connectivity index (χ0v) is 12.0. The third-order valence-corrected chi connectivity index (χ3v) is 4.73. The molecule has 0 fully saturated rings. The summed E-state index contributed by atoms with van der Waals surface area (Å²) < 4.78 is 46.9. The van der Waals surface area contributed by atoms with E-state index in [4.69, 9.17) is 10.7 Å². The van der Waals surface area contributed by atoms with Crippen molar-refractivity contribution < 1.29 is 17.2 Å². The summed E-state index contributed by atoms with van der Waals surface area (Å²) >= 11 is 4.33. The van der Waals surface area contributed by atoms with E-state index in [1.54, 1.807) is 0 Å². The maximum Gasteiger partial charge on any atom is 0.279 e. The van der Waals surface area contributed by atoms with Crippen molar-refractivity contribution >= 4 is 58.3 Å². The first-order chi connectivity index (χ1) is 6.75. The van der Waals surface area contributed by atoms with E-state index in [9.17, 15) is 17.2 Å². The molecule has 3 nitrogen and oxygen atoms in total. The Labute approximate surface area is 111 Å². The van der Waals surface area contributed by atoms with Crippen LogP contribution >= 0.6 is 49.2 Å². The number of nitrogens with zero attached hydrogens (tertiary/aromatic N) is 1. The van der Waals surface area contributed by atoms with E-state index < -0.39 is 26.1 Å². The van der Waals surface area contributed by atoms with E-state index in [0.29, 0.717) is 0 Å². The van der Waals surface area contributed by atoms with E-state index in [0.717, 1.165) is 6.20 Å². The van der Waals surface area contributed by atoms with Crippen LogP contribution in [0.5, 0.6) is 0 Å². The van der Waals surface area contributed by atoms with Crippen molar-refractivity contribution in [1.82, 2.24) is 4.98 Å². The molecule has 0 N–H and O–H groups in total. The smallest absolute Gasteiger partial charge is 0.241 e. The highest BCUT2D eigenvalue weighted by Gasteiger charge is 2.25. The van der Waals surface area contributed by atoms with Gasteiger partial charge in [-0.2, -0.15) is 0 Å². The molecule has 0 saturated heterocycles. The molecule has 0 unspecified atom stereocenters. The van der Waals surface area contributed by atoms with Crippen LogP contribution in [0.25, 0.3) is 0 Å². The van der Waals surface area contributed by atoms with E-state index in [1.807, 2.05) is 0 Å². The molecule has 1 heterocycles. The number of hydrogen-bond acceptors (Lipinski definition) is 3. The minimum Gasteiger partial charge on any atom is -0.241 e. The van der Waals surface area contributed by atoms with E-state index in [2.05, 4.69) is 20.9 Å². The maximum atomic E-state index is 12.6. The first-order valence-corrected chi connectivity index (χ1v) is 7.50. The lowest BCUT2D eigenvalue weighted by Crippen LogP contribution is -2.03. The quantitative estimate of drug-likeness (QED) is 0.532. The van der Waals surface area contributed by atoms with Crippen LogP contribution in [0, 0.1) is 3.57 Å². The van der Waals surface area contributed by atoms with Crippen LogP contribution in [-0.2, 0) is 9.05 Å². The predicted molar refractivity (Wildman–Crippen MR) is 62.6 cm³/mol. The van der Waals surface area contributed by atoms with Crippen LogP contribution in [0.15, 0.2) is 15.7 Å². The molecule has 0 bridgehead atoms. The van der Waals surface area contributed by atoms with Gasteiger partial charge >= 0.3 is 0 Å². The average molecular weight is 432 g/mol. The van der Waals surface area contributed by atoms with Crippen LogP contribution in [0.3, 0.4) is 0 Å². The topological polar surface area (TPSA) is 47.0 Å². The Morgan fingerprint density at radius 2 is 2.07 bits per heavy atom. The van der Waals surface area contributed by atoms with Gasteiger partial charge in [0.05, 0.1) is 3.57 Å². The van der Waals surface area contributed by atoms with Crippen LogP contribution < -0.4 is 0 Å². The second-order valence-corrected chi connectivity index (χ2v) is 6.79. The molecule has 0 aliphatic rings. The molecular formula is C6H2BrClF2INO2S. The Morgan fingerprint density at radius 1 is 1.53 bits per heavy atom. The highest BCUT2D eigenvalue weighted by molar-refractivity contribution is 14.1. The average Bonchev–Trinajstić information content (AvgIpc) is 2.00. The molecule has 15 heavy (non-hydrogen) atoms. The molecule has 1 rings (SSSR count). The molecule has 0 aromatic carbocycles. The third-order valence-electron chi connectivity index (χ3n) is 1.43. The summed E-state index contributed by atoms with van der Waals surface area (Å²) in [5.41, 5.74) is -0.426. The third kappa shape index (κ3) is 2.98. The lowest BCUT2D eigenvalue weighted by molar-refractivity contribution is 0.149. The van der Waals surface area contributed by atoms with Crippen molar-refractivity contribution in [3.05, 3.63) is 19.8 Å². The fourth-order valence-corrected chi connectivity index (χ4v) is 4.45. The molecule has 0 saturated carbocycles. The van der Waals surface area contributed by atoms with Gasteiger partial charge in [-0.25, -0.2) is 22.2 Å². The Hall–Kier alpha value is 0.460. The molecular weight excluding hydrogens is 430 g/mol. The van der Waals surface area contributed by atoms with Crippen molar-refractivity contribution in [2.45, 2.75) is 11.5 Å². The van der Waals surface area contributed by atoms with Crippen LogP contribution in [0.4, 0.5) is 8.78 Å². The highest BCUT2D eigenvalue weighted by Crippen LogP contribution is 2.34. The van der Waals surface area contributed by atoms with Crippen LogP contribution in [0.1, 0.15) is 12.0 Å². The van der Waals surface area contributed by atoms with E-state index in [1.165, 1.54) is 22.6 Å². The van der Waals surface area contributed by atoms with Crippen molar-refractivity contribution in [1.29, 1.82) is 0 Å². The number of alkyl halides is 2. The summed E-state index contributed by atoms with van der Waals surface area (Å²) in [5, 5.41) is -0.553. The van der Waals surface area contributed by atoms with E-state index in [-0.39, 0.29) is 8.04 Å². The molecule has 1 aromatic rings. The van der Waals surface area contributed by atoms with E-state index >= 15 is 0 Å². The van der Waals surface area contributed by atoms with Gasteiger partial charge in [0, 0.05) is 26.9 Å². The molecule has 0 radical (unpaired) electrons. The van der Waals surface area contributed by atoms with Gasteiger partial charge in [-0.3, -0.25) is 0 Å². The lowest BCUT2D eigenvalue weighted by Gasteiger charge is -2.08. The largest absolute Gasteiger partial charge is 0.279 e. The van der Waals surface area contributed by atoms with Gasteiger partial charge < -0.3 is 0 Å². The van der Waals surface area contributed by atoms with Gasteiger partial charge in [0.15, 0.2) is 5.03 Å². The van der Waals surface area contributed by atoms with Gasteiger partial charge in [0.25, 0.3) is 15.5 Å². The molecule has 0 spiro atoms. The number of hydrogen-bond donors (Lipinski definition) is 0. The summed E-state index contributed by atoms with van der Waals surface area (Å²) in [7, 11) is 0.931. The van der Waals surface area contributed by atoms with Gasteiger partial charge in [-0.1, -0.05) is 0 Å². The van der Waals surface area contributed by atoms with Crippen molar-refractivity contribution in [3.8, 4) is 0 Å². The fourth-order valence-electron chi connectivity index (χ4n) is 0.832. The Balaban J connectivity index is 3.56. The second kappa shape index (κ2) is 4.76. The summed E-state index contributed by atoms with van der Waals surface area (Å²) in [4.78, 5) is 3.48. The maximum absolute atomic E-state index is 12.6.